The predicted molar refractivity (Wildman–Crippen MR) is 94.5 cm³/mol. The van der Waals surface area contributed by atoms with Crippen LogP contribution in [-0.4, -0.2) is 25.0 Å². The highest BCUT2D eigenvalue weighted by molar-refractivity contribution is 9.10. The normalized spacial score (nSPS) is 13.5. The molecule has 4 nitrogen and oxygen atoms in total. The van der Waals surface area contributed by atoms with Crippen LogP contribution in [0.5, 0.6) is 17.2 Å². The van der Waals surface area contributed by atoms with E-state index in [-0.39, 0.29) is 5.75 Å². The third-order valence-electron chi connectivity index (χ3n) is 3.76. The van der Waals surface area contributed by atoms with Crippen LogP contribution in [0.4, 0.5) is 0 Å². The number of ether oxygens (including phenoxy) is 2. The molecule has 1 aliphatic heterocycles. The molecule has 23 heavy (non-hydrogen) atoms. The lowest BCUT2D eigenvalue weighted by Crippen LogP contribution is -2.00. The smallest absolute Gasteiger partial charge is 0.200 e. The van der Waals surface area contributed by atoms with Gasteiger partial charge in [0.05, 0.1) is 19.9 Å². The van der Waals surface area contributed by atoms with Gasteiger partial charge in [-0.2, -0.15) is 0 Å². The molecule has 3 rings (SSSR count). The largest absolute Gasteiger partial charge is 0.502 e. The third-order valence-corrected chi connectivity index (χ3v) is 4.29. The third kappa shape index (κ3) is 3.10. The molecule has 1 heterocycles. The zero-order chi connectivity index (χ0) is 16.4. The SMILES string of the molecule is COc1cc(C2=NC=C(c3ccc(Br)cc3)C2)cc(OC)c1O. The average Bonchev–Trinajstić information content (AvgIpc) is 3.05. The summed E-state index contributed by atoms with van der Waals surface area (Å²) in [6.07, 6.45) is 2.60. The van der Waals surface area contributed by atoms with Crippen molar-refractivity contribution in [3.8, 4) is 17.2 Å². The first-order valence-corrected chi connectivity index (χ1v) is 7.88. The highest BCUT2D eigenvalue weighted by atomic mass is 79.9. The number of aromatic hydroxyl groups is 1. The molecule has 0 bridgehead atoms. The van der Waals surface area contributed by atoms with E-state index in [4.69, 9.17) is 9.47 Å². The summed E-state index contributed by atoms with van der Waals surface area (Å²) in [6.45, 7) is 0. The molecule has 0 radical (unpaired) electrons. The number of methoxy groups -OCH3 is 2. The number of aliphatic imine (C=N–C) groups is 1. The van der Waals surface area contributed by atoms with Crippen molar-refractivity contribution < 1.29 is 14.6 Å². The molecule has 118 valence electrons. The molecule has 0 unspecified atom stereocenters. The summed E-state index contributed by atoms with van der Waals surface area (Å²) < 4.78 is 11.5. The number of benzene rings is 2. The fraction of sp³-hybridized carbons (Fsp3) is 0.167. The summed E-state index contributed by atoms with van der Waals surface area (Å²) in [5.74, 6) is 0.747. The van der Waals surface area contributed by atoms with E-state index >= 15 is 0 Å². The van der Waals surface area contributed by atoms with Crippen LogP contribution in [-0.2, 0) is 0 Å². The van der Waals surface area contributed by atoms with E-state index in [0.29, 0.717) is 11.5 Å². The maximum absolute atomic E-state index is 10.0. The van der Waals surface area contributed by atoms with E-state index < -0.39 is 0 Å². The number of rotatable bonds is 4. The van der Waals surface area contributed by atoms with E-state index in [1.807, 2.05) is 18.3 Å². The minimum atomic E-state index is -0.00145. The van der Waals surface area contributed by atoms with Crippen molar-refractivity contribution in [2.24, 2.45) is 4.99 Å². The lowest BCUT2D eigenvalue weighted by Gasteiger charge is -2.11. The Hall–Kier alpha value is -2.27. The molecule has 2 aromatic rings. The molecule has 0 spiro atoms. The van der Waals surface area contributed by atoms with Crippen LogP contribution in [0.2, 0.25) is 0 Å². The number of phenols is 1. The summed E-state index contributed by atoms with van der Waals surface area (Å²) in [6, 6.07) is 11.7. The molecular weight excluding hydrogens is 358 g/mol. The van der Waals surface area contributed by atoms with Gasteiger partial charge in [-0.25, -0.2) is 0 Å². The molecular formula is C18H16BrNO3. The summed E-state index contributed by atoms with van der Waals surface area (Å²) >= 11 is 3.44. The quantitative estimate of drug-likeness (QED) is 0.863. The van der Waals surface area contributed by atoms with Gasteiger partial charge in [0.15, 0.2) is 11.5 Å². The van der Waals surface area contributed by atoms with Crippen LogP contribution in [0.1, 0.15) is 17.5 Å². The number of halogens is 1. The molecule has 1 N–H and O–H groups in total. The Morgan fingerprint density at radius 2 is 1.61 bits per heavy atom. The summed E-state index contributed by atoms with van der Waals surface area (Å²) in [5.41, 5.74) is 4.09. The number of hydrogen-bond donors (Lipinski definition) is 1. The van der Waals surface area contributed by atoms with Gasteiger partial charge in [-0.15, -0.1) is 0 Å². The maximum atomic E-state index is 10.0. The van der Waals surface area contributed by atoms with Crippen LogP contribution >= 0.6 is 15.9 Å². The van der Waals surface area contributed by atoms with Gasteiger partial charge in [0.25, 0.3) is 0 Å². The zero-order valence-electron chi connectivity index (χ0n) is 12.8. The summed E-state index contributed by atoms with van der Waals surface area (Å²) in [4.78, 5) is 4.52. The van der Waals surface area contributed by atoms with E-state index in [2.05, 4.69) is 33.1 Å². The van der Waals surface area contributed by atoms with Gasteiger partial charge in [-0.05, 0) is 35.4 Å². The number of allylic oxidation sites excluding steroid dienone is 1. The molecule has 1 aliphatic rings. The number of nitrogens with zero attached hydrogens (tertiary/aromatic N) is 1. The molecule has 2 aromatic carbocycles. The first-order valence-electron chi connectivity index (χ1n) is 7.09. The van der Waals surface area contributed by atoms with Gasteiger partial charge in [0, 0.05) is 22.7 Å². The van der Waals surface area contributed by atoms with E-state index in [1.165, 1.54) is 14.2 Å². The molecule has 0 saturated heterocycles. The number of phenolic OH excluding ortho intramolecular Hbond substituents is 1. The summed E-state index contributed by atoms with van der Waals surface area (Å²) in [5, 5.41) is 10.0. The second-order valence-electron chi connectivity index (χ2n) is 5.14. The second kappa shape index (κ2) is 6.46. The van der Waals surface area contributed by atoms with Crippen LogP contribution in [0.15, 0.2) is 52.1 Å². The fourth-order valence-corrected chi connectivity index (χ4v) is 2.77. The Morgan fingerprint density at radius 1 is 1.00 bits per heavy atom. The Bertz CT molecular complexity index is 769. The Balaban J connectivity index is 1.87. The van der Waals surface area contributed by atoms with Crippen LogP contribution in [0, 0.1) is 0 Å². The van der Waals surface area contributed by atoms with Gasteiger partial charge >= 0.3 is 0 Å². The van der Waals surface area contributed by atoms with Crippen molar-refractivity contribution in [2.75, 3.05) is 14.2 Å². The van der Waals surface area contributed by atoms with E-state index in [0.717, 1.165) is 33.3 Å². The average molecular weight is 374 g/mol. The van der Waals surface area contributed by atoms with Gasteiger partial charge in [0.1, 0.15) is 0 Å². The van der Waals surface area contributed by atoms with Crippen molar-refractivity contribution in [2.45, 2.75) is 6.42 Å². The molecule has 5 heteroatoms. The van der Waals surface area contributed by atoms with Crippen LogP contribution < -0.4 is 9.47 Å². The molecule has 0 amide bonds. The monoisotopic (exact) mass is 373 g/mol. The van der Waals surface area contributed by atoms with Gasteiger partial charge < -0.3 is 14.6 Å². The van der Waals surface area contributed by atoms with Crippen molar-refractivity contribution in [1.82, 2.24) is 0 Å². The highest BCUT2D eigenvalue weighted by Gasteiger charge is 2.18. The number of hydrogen-bond acceptors (Lipinski definition) is 4. The first-order chi connectivity index (χ1) is 11.1. The van der Waals surface area contributed by atoms with Crippen molar-refractivity contribution >= 4 is 27.2 Å². The lowest BCUT2D eigenvalue weighted by atomic mass is 9.99. The van der Waals surface area contributed by atoms with Crippen molar-refractivity contribution in [3.63, 3.8) is 0 Å². The van der Waals surface area contributed by atoms with E-state index in [9.17, 15) is 5.11 Å². The Kier molecular flexibility index (Phi) is 4.39. The first kappa shape index (κ1) is 15.6. The molecule has 0 aromatic heterocycles. The standard InChI is InChI=1S/C18H16BrNO3/c1-22-16-8-12(9-17(23-2)18(16)21)15-7-13(10-20-15)11-3-5-14(19)6-4-11/h3-6,8-10,21H,7H2,1-2H3. The van der Waals surface area contributed by atoms with Crippen molar-refractivity contribution in [1.29, 1.82) is 0 Å². The predicted octanol–water partition coefficient (Wildman–Crippen LogP) is 4.41. The van der Waals surface area contributed by atoms with E-state index in [1.54, 1.807) is 12.1 Å². The second-order valence-corrected chi connectivity index (χ2v) is 6.06. The molecule has 0 fully saturated rings. The van der Waals surface area contributed by atoms with Gasteiger partial charge in [-0.1, -0.05) is 28.1 Å². The minimum Gasteiger partial charge on any atom is -0.502 e. The fourth-order valence-electron chi connectivity index (χ4n) is 2.50. The Labute approximate surface area is 143 Å². The lowest BCUT2D eigenvalue weighted by molar-refractivity contribution is 0.340. The summed E-state index contributed by atoms with van der Waals surface area (Å²) in [7, 11) is 3.03. The highest BCUT2D eigenvalue weighted by Crippen LogP contribution is 2.38. The zero-order valence-corrected chi connectivity index (χ0v) is 14.4. The van der Waals surface area contributed by atoms with Crippen LogP contribution in [0.25, 0.3) is 5.57 Å². The topological polar surface area (TPSA) is 51.0 Å². The minimum absolute atomic E-state index is 0.00145. The van der Waals surface area contributed by atoms with Gasteiger partial charge in [0.2, 0.25) is 5.75 Å². The van der Waals surface area contributed by atoms with Crippen LogP contribution in [0.3, 0.4) is 0 Å². The molecule has 0 aliphatic carbocycles. The van der Waals surface area contributed by atoms with Crippen molar-refractivity contribution in [3.05, 3.63) is 58.2 Å². The maximum Gasteiger partial charge on any atom is 0.200 e. The Morgan fingerprint density at radius 3 is 2.17 bits per heavy atom. The van der Waals surface area contributed by atoms with Gasteiger partial charge in [-0.3, -0.25) is 4.99 Å². The molecule has 0 atom stereocenters. The molecule has 0 saturated carbocycles.